The van der Waals surface area contributed by atoms with Crippen LogP contribution in [0.15, 0.2) is 64.2 Å². The van der Waals surface area contributed by atoms with Gasteiger partial charge in [-0.2, -0.15) is 11.3 Å². The van der Waals surface area contributed by atoms with Crippen LogP contribution in [0.1, 0.15) is 22.3 Å². The average Bonchev–Trinajstić information content (AvgIpc) is 3.21. The first-order valence-corrected chi connectivity index (χ1v) is 12.2. The number of carbonyl (C=O) groups excluding carboxylic acids is 2. The number of sulfone groups is 1. The molecule has 0 aliphatic carbocycles. The van der Waals surface area contributed by atoms with Crippen LogP contribution in [0.2, 0.25) is 5.02 Å². The quantitative estimate of drug-likeness (QED) is 0.535. The van der Waals surface area contributed by atoms with Crippen molar-refractivity contribution in [2.45, 2.75) is 17.7 Å². The van der Waals surface area contributed by atoms with Crippen molar-refractivity contribution in [2.75, 3.05) is 16.9 Å². The van der Waals surface area contributed by atoms with Gasteiger partial charge in [0.2, 0.25) is 5.91 Å². The fourth-order valence-corrected chi connectivity index (χ4v) is 4.27. The number of aryl methyl sites for hydroxylation is 1. The van der Waals surface area contributed by atoms with Crippen molar-refractivity contribution in [3.05, 3.63) is 75.4 Å². The fourth-order valence-electron chi connectivity index (χ4n) is 2.67. The topological polar surface area (TPSA) is 92.3 Å². The number of thiophene rings is 1. The molecule has 0 radical (unpaired) electrons. The molecule has 0 atom stereocenters. The highest BCUT2D eigenvalue weighted by atomic mass is 35.5. The Kier molecular flexibility index (Phi) is 6.91. The van der Waals surface area contributed by atoms with Crippen LogP contribution in [-0.4, -0.2) is 26.5 Å². The third-order valence-corrected chi connectivity index (χ3v) is 6.40. The largest absolute Gasteiger partial charge is 0.326 e. The molecule has 0 aliphatic rings. The number of benzene rings is 2. The highest BCUT2D eigenvalue weighted by Crippen LogP contribution is 2.26. The van der Waals surface area contributed by atoms with E-state index in [-0.39, 0.29) is 21.4 Å². The van der Waals surface area contributed by atoms with Crippen molar-refractivity contribution < 1.29 is 18.0 Å². The van der Waals surface area contributed by atoms with E-state index in [2.05, 4.69) is 10.6 Å². The molecule has 1 aromatic heterocycles. The summed E-state index contributed by atoms with van der Waals surface area (Å²) in [6.45, 7) is 0. The molecule has 0 spiro atoms. The van der Waals surface area contributed by atoms with Gasteiger partial charge < -0.3 is 10.6 Å². The maximum atomic E-state index is 12.5. The third-order valence-electron chi connectivity index (χ3n) is 4.25. The van der Waals surface area contributed by atoms with Crippen LogP contribution in [0.25, 0.3) is 0 Å². The first-order chi connectivity index (χ1) is 14.2. The Balaban J connectivity index is 1.64. The molecule has 30 heavy (non-hydrogen) atoms. The molecule has 6 nitrogen and oxygen atoms in total. The monoisotopic (exact) mass is 462 g/mol. The second-order valence-electron chi connectivity index (χ2n) is 6.63. The van der Waals surface area contributed by atoms with Crippen LogP contribution in [0, 0.1) is 0 Å². The average molecular weight is 463 g/mol. The van der Waals surface area contributed by atoms with Crippen LogP contribution >= 0.6 is 22.9 Å². The second-order valence-corrected chi connectivity index (χ2v) is 9.83. The predicted molar refractivity (Wildman–Crippen MR) is 120 cm³/mol. The Morgan fingerprint density at radius 1 is 1.07 bits per heavy atom. The van der Waals surface area contributed by atoms with E-state index >= 15 is 0 Å². The molecule has 9 heteroatoms. The van der Waals surface area contributed by atoms with Gasteiger partial charge in [-0.3, -0.25) is 9.59 Å². The lowest BCUT2D eigenvalue weighted by Crippen LogP contribution is -2.14. The van der Waals surface area contributed by atoms with Crippen LogP contribution in [-0.2, 0) is 21.1 Å². The lowest BCUT2D eigenvalue weighted by Gasteiger charge is -2.11. The molecule has 0 unspecified atom stereocenters. The highest BCUT2D eigenvalue weighted by molar-refractivity contribution is 7.90. The molecule has 1 heterocycles. The zero-order valence-corrected chi connectivity index (χ0v) is 18.4. The van der Waals surface area contributed by atoms with Crippen molar-refractivity contribution >= 4 is 56.0 Å². The van der Waals surface area contributed by atoms with Crippen molar-refractivity contribution in [3.63, 3.8) is 0 Å². The number of amides is 2. The van der Waals surface area contributed by atoms with Crippen LogP contribution < -0.4 is 10.6 Å². The summed E-state index contributed by atoms with van der Waals surface area (Å²) in [7, 11) is -3.42. The molecule has 0 aliphatic heterocycles. The van der Waals surface area contributed by atoms with E-state index in [1.807, 2.05) is 16.8 Å². The van der Waals surface area contributed by atoms with Crippen LogP contribution in [0.3, 0.4) is 0 Å². The van der Waals surface area contributed by atoms with Gasteiger partial charge in [0.15, 0.2) is 9.84 Å². The summed E-state index contributed by atoms with van der Waals surface area (Å²) in [5, 5.41) is 9.66. The summed E-state index contributed by atoms with van der Waals surface area (Å²) in [5.41, 5.74) is 2.18. The number of hydrogen-bond donors (Lipinski definition) is 2. The standard InChI is InChI=1S/C21H19ClN2O4S2/c1-30(27,28)17-4-2-3-15(11-17)21(26)24-19-7-6-16(12-18(19)22)23-20(25)8-5-14-9-10-29-13-14/h2-4,6-7,9-13H,5,8H2,1H3,(H,23,25)(H,24,26). The first kappa shape index (κ1) is 22.0. The van der Waals surface area contributed by atoms with Crippen molar-refractivity contribution in [2.24, 2.45) is 0 Å². The van der Waals surface area contributed by atoms with E-state index in [9.17, 15) is 18.0 Å². The van der Waals surface area contributed by atoms with Crippen molar-refractivity contribution in [1.82, 2.24) is 0 Å². The van der Waals surface area contributed by atoms with Gasteiger partial charge in [-0.15, -0.1) is 0 Å². The van der Waals surface area contributed by atoms with Crippen LogP contribution in [0.4, 0.5) is 11.4 Å². The van der Waals surface area contributed by atoms with Gasteiger partial charge in [0, 0.05) is 23.9 Å². The maximum absolute atomic E-state index is 12.5. The number of anilines is 2. The van der Waals surface area contributed by atoms with E-state index in [1.165, 1.54) is 24.3 Å². The molecule has 0 bridgehead atoms. The van der Waals surface area contributed by atoms with Gasteiger partial charge in [0.25, 0.3) is 5.91 Å². The Morgan fingerprint density at radius 3 is 2.53 bits per heavy atom. The summed E-state index contributed by atoms with van der Waals surface area (Å²) in [6.07, 6.45) is 2.08. The molecular formula is C21H19ClN2O4S2. The molecule has 0 saturated carbocycles. The molecule has 3 rings (SSSR count). The molecule has 0 saturated heterocycles. The molecule has 2 N–H and O–H groups in total. The number of nitrogens with one attached hydrogen (secondary N) is 2. The smallest absolute Gasteiger partial charge is 0.255 e. The molecule has 3 aromatic rings. The van der Waals surface area contributed by atoms with E-state index in [1.54, 1.807) is 29.5 Å². The second kappa shape index (κ2) is 9.42. The lowest BCUT2D eigenvalue weighted by molar-refractivity contribution is -0.116. The summed E-state index contributed by atoms with van der Waals surface area (Å²) in [4.78, 5) is 24.6. The van der Waals surface area contributed by atoms with Gasteiger partial charge in [0.05, 0.1) is 15.6 Å². The molecule has 2 amide bonds. The summed E-state index contributed by atoms with van der Waals surface area (Å²) < 4.78 is 23.3. The van der Waals surface area contributed by atoms with Gasteiger partial charge >= 0.3 is 0 Å². The first-order valence-electron chi connectivity index (χ1n) is 8.94. The summed E-state index contributed by atoms with van der Waals surface area (Å²) in [6, 6.07) is 12.5. The summed E-state index contributed by atoms with van der Waals surface area (Å²) in [5.74, 6) is -0.624. The zero-order valence-electron chi connectivity index (χ0n) is 16.0. The zero-order chi connectivity index (χ0) is 21.7. The van der Waals surface area contributed by atoms with E-state index in [0.717, 1.165) is 11.8 Å². The van der Waals surface area contributed by atoms with E-state index in [4.69, 9.17) is 11.6 Å². The van der Waals surface area contributed by atoms with E-state index in [0.29, 0.717) is 24.2 Å². The Morgan fingerprint density at radius 2 is 1.87 bits per heavy atom. The maximum Gasteiger partial charge on any atom is 0.255 e. The van der Waals surface area contributed by atoms with Gasteiger partial charge in [-0.1, -0.05) is 17.7 Å². The van der Waals surface area contributed by atoms with Gasteiger partial charge in [-0.05, 0) is 65.2 Å². The summed E-state index contributed by atoms with van der Waals surface area (Å²) >= 11 is 7.84. The number of carbonyl (C=O) groups is 2. The molecule has 156 valence electrons. The minimum atomic E-state index is -3.42. The Hall–Kier alpha value is -2.68. The SMILES string of the molecule is CS(=O)(=O)c1cccc(C(=O)Nc2ccc(NC(=O)CCc3ccsc3)cc2Cl)c1. The molecule has 0 fully saturated rings. The van der Waals surface area contributed by atoms with E-state index < -0.39 is 15.7 Å². The minimum absolute atomic E-state index is 0.0572. The third kappa shape index (κ3) is 5.91. The van der Waals surface area contributed by atoms with Gasteiger partial charge in [0.1, 0.15) is 0 Å². The lowest BCUT2D eigenvalue weighted by atomic mass is 10.2. The predicted octanol–water partition coefficient (Wildman–Crippen LogP) is 4.63. The van der Waals surface area contributed by atoms with Crippen molar-refractivity contribution in [1.29, 1.82) is 0 Å². The number of hydrogen-bond acceptors (Lipinski definition) is 5. The van der Waals surface area contributed by atoms with Crippen LogP contribution in [0.5, 0.6) is 0 Å². The van der Waals surface area contributed by atoms with Crippen molar-refractivity contribution in [3.8, 4) is 0 Å². The Bertz CT molecular complexity index is 1180. The molecular weight excluding hydrogens is 444 g/mol. The number of rotatable bonds is 7. The highest BCUT2D eigenvalue weighted by Gasteiger charge is 2.13. The fraction of sp³-hybridized carbons (Fsp3) is 0.143. The molecule has 2 aromatic carbocycles. The minimum Gasteiger partial charge on any atom is -0.326 e. The Labute approximate surface area is 183 Å². The number of halogens is 1. The normalized spacial score (nSPS) is 11.1. The van der Waals surface area contributed by atoms with Gasteiger partial charge in [-0.25, -0.2) is 8.42 Å².